The van der Waals surface area contributed by atoms with Gasteiger partial charge in [-0.05, 0) is 79.4 Å². The number of aliphatic hydroxyl groups excluding tert-OH is 3. The van der Waals surface area contributed by atoms with Crippen LogP contribution in [-0.4, -0.2) is 52.1 Å². The summed E-state index contributed by atoms with van der Waals surface area (Å²) in [5.74, 6) is 0.888. The zero-order valence-corrected chi connectivity index (χ0v) is 20.2. The molecule has 6 rings (SSSR count). The number of aliphatic hydroxyl groups is 3. The van der Waals surface area contributed by atoms with E-state index in [0.717, 1.165) is 32.1 Å². The molecule has 2 heterocycles. The van der Waals surface area contributed by atoms with Crippen LogP contribution in [0.1, 0.15) is 72.6 Å². The third-order valence-electron chi connectivity index (χ3n) is 11.4. The lowest BCUT2D eigenvalue weighted by Gasteiger charge is -2.59. The third-order valence-corrected chi connectivity index (χ3v) is 11.4. The fourth-order valence-corrected chi connectivity index (χ4v) is 9.85. The highest BCUT2D eigenvalue weighted by atomic mass is 16.7. The van der Waals surface area contributed by atoms with Crippen molar-refractivity contribution >= 4 is 0 Å². The van der Waals surface area contributed by atoms with E-state index >= 15 is 0 Å². The van der Waals surface area contributed by atoms with Crippen molar-refractivity contribution in [2.24, 2.45) is 46.3 Å². The van der Waals surface area contributed by atoms with E-state index in [1.807, 2.05) is 0 Å². The highest BCUT2D eigenvalue weighted by Crippen LogP contribution is 2.70. The predicted molar refractivity (Wildman–Crippen MR) is 120 cm³/mol. The highest BCUT2D eigenvalue weighted by molar-refractivity contribution is 5.27. The van der Waals surface area contributed by atoms with Gasteiger partial charge >= 0.3 is 0 Å². The quantitative estimate of drug-likeness (QED) is 0.495. The predicted octanol–water partition coefficient (Wildman–Crippen LogP) is 3.66. The molecule has 32 heavy (non-hydrogen) atoms. The van der Waals surface area contributed by atoms with Gasteiger partial charge in [0.15, 0.2) is 5.79 Å². The smallest absolute Gasteiger partial charge is 0.197 e. The molecular formula is C27H42O5. The molecule has 3 N–H and O–H groups in total. The summed E-state index contributed by atoms with van der Waals surface area (Å²) in [5.41, 5.74) is 1.62. The zero-order valence-electron chi connectivity index (χ0n) is 20.2. The minimum absolute atomic E-state index is 0.00378. The second-order valence-electron chi connectivity index (χ2n) is 12.9. The van der Waals surface area contributed by atoms with E-state index in [1.165, 1.54) is 12.0 Å². The molecule has 4 aliphatic carbocycles. The summed E-state index contributed by atoms with van der Waals surface area (Å²) >= 11 is 0. The molecule has 6 aliphatic rings. The van der Waals surface area contributed by atoms with Crippen LogP contribution >= 0.6 is 0 Å². The second kappa shape index (κ2) is 7.04. The Balaban J connectivity index is 1.33. The van der Waals surface area contributed by atoms with Crippen LogP contribution in [0.2, 0.25) is 0 Å². The van der Waals surface area contributed by atoms with E-state index in [0.29, 0.717) is 30.8 Å². The molecule has 180 valence electrons. The Morgan fingerprint density at radius 3 is 2.56 bits per heavy atom. The van der Waals surface area contributed by atoms with Crippen molar-refractivity contribution in [3.05, 3.63) is 11.6 Å². The minimum atomic E-state index is -0.960. The summed E-state index contributed by atoms with van der Waals surface area (Å²) in [6.45, 7) is 9.73. The van der Waals surface area contributed by atoms with Gasteiger partial charge < -0.3 is 24.8 Å². The molecule has 0 aromatic carbocycles. The largest absolute Gasteiger partial charge is 0.393 e. The molecule has 0 aromatic heterocycles. The van der Waals surface area contributed by atoms with Gasteiger partial charge in [0.25, 0.3) is 0 Å². The Labute approximate surface area is 192 Å². The summed E-state index contributed by atoms with van der Waals surface area (Å²) in [6.07, 6.45) is 7.58. The van der Waals surface area contributed by atoms with Crippen LogP contribution in [0.3, 0.4) is 0 Å². The molecule has 3 saturated carbocycles. The maximum atomic E-state index is 11.8. The van der Waals surface area contributed by atoms with Gasteiger partial charge in [-0.25, -0.2) is 0 Å². The van der Waals surface area contributed by atoms with Crippen LogP contribution < -0.4 is 0 Å². The number of fused-ring (bicyclic) bond motifs is 7. The van der Waals surface area contributed by atoms with Crippen LogP contribution in [0.15, 0.2) is 11.6 Å². The first-order valence-electron chi connectivity index (χ1n) is 13.2. The molecule has 13 unspecified atom stereocenters. The average Bonchev–Trinajstić information content (AvgIpc) is 3.16. The molecule has 0 bridgehead atoms. The first kappa shape index (κ1) is 22.0. The summed E-state index contributed by atoms with van der Waals surface area (Å²) in [6, 6.07) is 0. The number of allylic oxidation sites excluding steroid dienone is 1. The standard InChI is InChI=1S/C27H42O5/c1-14-11-20(29)27(31-13-14)15(2)21-24(32-27)23(30)22-18-6-5-16-12-17(28)7-9-25(16,3)19(18)8-10-26(21,22)4/h5,14-15,17-24,28-30H,6-13H2,1-4H3. The maximum Gasteiger partial charge on any atom is 0.197 e. The lowest BCUT2D eigenvalue weighted by Crippen LogP contribution is -2.58. The molecule has 2 saturated heterocycles. The average molecular weight is 447 g/mol. The highest BCUT2D eigenvalue weighted by Gasteiger charge is 2.73. The number of hydrogen-bond donors (Lipinski definition) is 3. The van der Waals surface area contributed by atoms with Crippen LogP contribution in [0.4, 0.5) is 0 Å². The molecule has 5 fully saturated rings. The lowest BCUT2D eigenvalue weighted by molar-refractivity contribution is -0.322. The number of ether oxygens (including phenoxy) is 2. The van der Waals surface area contributed by atoms with Gasteiger partial charge in [-0.1, -0.05) is 39.3 Å². The summed E-state index contributed by atoms with van der Waals surface area (Å²) in [7, 11) is 0. The molecule has 5 heteroatoms. The van der Waals surface area contributed by atoms with Crippen molar-refractivity contribution in [1.82, 2.24) is 0 Å². The van der Waals surface area contributed by atoms with Gasteiger partial charge in [0, 0.05) is 11.8 Å². The van der Waals surface area contributed by atoms with Gasteiger partial charge in [0.2, 0.25) is 0 Å². The van der Waals surface area contributed by atoms with Gasteiger partial charge in [0.1, 0.15) is 6.10 Å². The topological polar surface area (TPSA) is 79.2 Å². The summed E-state index contributed by atoms with van der Waals surface area (Å²) < 4.78 is 12.9. The van der Waals surface area contributed by atoms with Crippen molar-refractivity contribution in [1.29, 1.82) is 0 Å². The van der Waals surface area contributed by atoms with Gasteiger partial charge in [-0.3, -0.25) is 0 Å². The summed E-state index contributed by atoms with van der Waals surface area (Å²) in [4.78, 5) is 0. The van der Waals surface area contributed by atoms with Gasteiger partial charge in [-0.2, -0.15) is 0 Å². The SMILES string of the molecule is CC1COC2(OC3C(O)C4C5CC=C6CC(O)CCC6(C)C5CCC4(C)C3C2C)C(O)C1. The van der Waals surface area contributed by atoms with E-state index in [9.17, 15) is 15.3 Å². The van der Waals surface area contributed by atoms with Crippen molar-refractivity contribution < 1.29 is 24.8 Å². The monoisotopic (exact) mass is 446 g/mol. The van der Waals surface area contributed by atoms with E-state index in [1.54, 1.807) is 0 Å². The fraction of sp³-hybridized carbons (Fsp3) is 0.926. The normalized spacial score (nSPS) is 61.5. The minimum Gasteiger partial charge on any atom is -0.393 e. The van der Waals surface area contributed by atoms with Gasteiger partial charge in [-0.15, -0.1) is 0 Å². The fourth-order valence-electron chi connectivity index (χ4n) is 9.85. The Morgan fingerprint density at radius 2 is 1.81 bits per heavy atom. The van der Waals surface area contributed by atoms with E-state index < -0.39 is 18.0 Å². The first-order valence-corrected chi connectivity index (χ1v) is 13.2. The molecule has 5 nitrogen and oxygen atoms in total. The van der Waals surface area contributed by atoms with Crippen molar-refractivity contribution in [3.63, 3.8) is 0 Å². The first-order chi connectivity index (χ1) is 15.1. The van der Waals surface area contributed by atoms with Crippen molar-refractivity contribution in [2.45, 2.75) is 103 Å². The Bertz CT molecular complexity index is 812. The Kier molecular flexibility index (Phi) is 4.84. The maximum absolute atomic E-state index is 11.8. The molecule has 1 spiro atoms. The van der Waals surface area contributed by atoms with Crippen molar-refractivity contribution in [2.75, 3.05) is 6.61 Å². The van der Waals surface area contributed by atoms with E-state index in [4.69, 9.17) is 9.47 Å². The van der Waals surface area contributed by atoms with Gasteiger partial charge in [0.05, 0.1) is 24.9 Å². The third kappa shape index (κ3) is 2.64. The van der Waals surface area contributed by atoms with Crippen LogP contribution in [0.5, 0.6) is 0 Å². The number of rotatable bonds is 0. The molecule has 0 radical (unpaired) electrons. The molecule has 13 atom stereocenters. The van der Waals surface area contributed by atoms with Crippen LogP contribution in [0.25, 0.3) is 0 Å². The van der Waals surface area contributed by atoms with Crippen molar-refractivity contribution in [3.8, 4) is 0 Å². The van der Waals surface area contributed by atoms with E-state index in [2.05, 4.69) is 33.8 Å². The van der Waals surface area contributed by atoms with Crippen LogP contribution in [-0.2, 0) is 9.47 Å². The van der Waals surface area contributed by atoms with E-state index in [-0.39, 0.29) is 40.8 Å². The zero-order chi connectivity index (χ0) is 22.6. The van der Waals surface area contributed by atoms with Crippen LogP contribution in [0, 0.1) is 46.3 Å². The molecular weight excluding hydrogens is 404 g/mol. The second-order valence-corrected chi connectivity index (χ2v) is 12.9. The number of hydrogen-bond acceptors (Lipinski definition) is 5. The summed E-state index contributed by atoms with van der Waals surface area (Å²) in [5, 5.41) is 33.1. The molecule has 2 aliphatic heterocycles. The molecule has 0 aromatic rings. The lowest BCUT2D eigenvalue weighted by atomic mass is 9.46. The Morgan fingerprint density at radius 1 is 1.03 bits per heavy atom. The molecule has 0 amide bonds. The Hall–Kier alpha value is -0.460.